The van der Waals surface area contributed by atoms with Gasteiger partial charge in [0.2, 0.25) is 0 Å². The molecule has 1 saturated carbocycles. The van der Waals surface area contributed by atoms with Crippen molar-refractivity contribution in [1.82, 2.24) is 4.98 Å². The number of aromatic nitrogens is 1. The third-order valence-corrected chi connectivity index (χ3v) is 5.70. The minimum atomic E-state index is 0.357. The van der Waals surface area contributed by atoms with E-state index in [-0.39, 0.29) is 0 Å². The van der Waals surface area contributed by atoms with Gasteiger partial charge in [-0.05, 0) is 44.0 Å². The standard InChI is InChI=1S/C20H23N3O2S/c1-15-19(14-24)22-20(26-15)23(17-9-7-16(13-21)8-10-17)11-12-25-18-5-3-2-4-6-18/h7-10,14,18H,2-6,11-12H2,1H3. The summed E-state index contributed by atoms with van der Waals surface area (Å²) in [4.78, 5) is 18.6. The number of carbonyl (C=O) groups excluding carboxylic acids is 1. The number of aldehydes is 1. The van der Waals surface area contributed by atoms with Crippen LogP contribution in [0.5, 0.6) is 0 Å². The molecule has 3 rings (SSSR count). The zero-order valence-electron chi connectivity index (χ0n) is 15.0. The predicted octanol–water partition coefficient (Wildman–Crippen LogP) is 4.62. The summed E-state index contributed by atoms with van der Waals surface area (Å²) in [6, 6.07) is 9.56. The van der Waals surface area contributed by atoms with Gasteiger partial charge in [0.05, 0.1) is 24.3 Å². The summed E-state index contributed by atoms with van der Waals surface area (Å²) in [5, 5.41) is 9.79. The lowest BCUT2D eigenvalue weighted by atomic mass is 9.98. The maximum Gasteiger partial charge on any atom is 0.190 e. The number of carbonyl (C=O) groups is 1. The first-order valence-electron chi connectivity index (χ1n) is 9.03. The van der Waals surface area contributed by atoms with Gasteiger partial charge >= 0.3 is 0 Å². The number of nitrogens with zero attached hydrogens (tertiary/aromatic N) is 3. The number of anilines is 2. The van der Waals surface area contributed by atoms with Crippen LogP contribution in [0.1, 0.15) is 53.0 Å². The van der Waals surface area contributed by atoms with Gasteiger partial charge in [-0.3, -0.25) is 4.79 Å². The second-order valence-electron chi connectivity index (χ2n) is 6.50. The van der Waals surface area contributed by atoms with E-state index in [0.29, 0.717) is 30.5 Å². The molecule has 1 heterocycles. The molecule has 0 amide bonds. The summed E-state index contributed by atoms with van der Waals surface area (Å²) in [5.41, 5.74) is 2.05. The third-order valence-electron chi connectivity index (χ3n) is 4.69. The highest BCUT2D eigenvalue weighted by Crippen LogP contribution is 2.31. The van der Waals surface area contributed by atoms with Crippen molar-refractivity contribution >= 4 is 28.4 Å². The average Bonchev–Trinajstić information content (AvgIpc) is 3.06. The molecule has 0 spiro atoms. The number of ether oxygens (including phenoxy) is 1. The first-order valence-corrected chi connectivity index (χ1v) is 9.85. The Bertz CT molecular complexity index is 773. The van der Waals surface area contributed by atoms with Gasteiger partial charge in [0.15, 0.2) is 11.4 Å². The Hall–Kier alpha value is -2.23. The second-order valence-corrected chi connectivity index (χ2v) is 7.68. The van der Waals surface area contributed by atoms with E-state index >= 15 is 0 Å². The van der Waals surface area contributed by atoms with Crippen molar-refractivity contribution in [2.75, 3.05) is 18.1 Å². The maximum atomic E-state index is 11.2. The average molecular weight is 369 g/mol. The number of benzene rings is 1. The lowest BCUT2D eigenvalue weighted by Gasteiger charge is -2.26. The normalized spacial score (nSPS) is 14.8. The van der Waals surface area contributed by atoms with E-state index in [9.17, 15) is 4.79 Å². The SMILES string of the molecule is Cc1sc(N(CCOC2CCCCC2)c2ccc(C#N)cc2)nc1C=O. The van der Waals surface area contributed by atoms with Crippen LogP contribution in [0.2, 0.25) is 0 Å². The molecule has 1 aromatic heterocycles. The van der Waals surface area contributed by atoms with Gasteiger partial charge in [0.25, 0.3) is 0 Å². The highest BCUT2D eigenvalue weighted by molar-refractivity contribution is 7.15. The van der Waals surface area contributed by atoms with Crippen molar-refractivity contribution in [2.24, 2.45) is 0 Å². The summed E-state index contributed by atoms with van der Waals surface area (Å²) >= 11 is 1.50. The molecule has 136 valence electrons. The van der Waals surface area contributed by atoms with Gasteiger partial charge in [-0.1, -0.05) is 19.3 Å². The zero-order chi connectivity index (χ0) is 18.4. The van der Waals surface area contributed by atoms with Crippen molar-refractivity contribution in [3.63, 3.8) is 0 Å². The number of thiazole rings is 1. The van der Waals surface area contributed by atoms with Crippen LogP contribution in [0.15, 0.2) is 24.3 Å². The van der Waals surface area contributed by atoms with Crippen molar-refractivity contribution in [1.29, 1.82) is 5.26 Å². The Balaban J connectivity index is 1.75. The predicted molar refractivity (Wildman–Crippen MR) is 103 cm³/mol. The molecule has 0 atom stereocenters. The Kier molecular flexibility index (Phi) is 6.37. The highest BCUT2D eigenvalue weighted by atomic mass is 32.1. The molecule has 26 heavy (non-hydrogen) atoms. The van der Waals surface area contributed by atoms with Crippen molar-refractivity contribution in [3.05, 3.63) is 40.4 Å². The number of hydrogen-bond donors (Lipinski definition) is 0. The van der Waals surface area contributed by atoms with Crippen LogP contribution in [0, 0.1) is 18.3 Å². The van der Waals surface area contributed by atoms with Gasteiger partial charge in [-0.25, -0.2) is 4.98 Å². The van der Waals surface area contributed by atoms with E-state index in [0.717, 1.165) is 34.8 Å². The monoisotopic (exact) mass is 369 g/mol. The van der Waals surface area contributed by atoms with Gasteiger partial charge in [0, 0.05) is 17.1 Å². The molecular weight excluding hydrogens is 346 g/mol. The molecule has 1 aliphatic carbocycles. The van der Waals surface area contributed by atoms with Crippen LogP contribution in [0.3, 0.4) is 0 Å². The summed E-state index contributed by atoms with van der Waals surface area (Å²) in [6.07, 6.45) is 7.24. The molecule has 1 fully saturated rings. The smallest absolute Gasteiger partial charge is 0.190 e. The fraction of sp³-hybridized carbons (Fsp3) is 0.450. The van der Waals surface area contributed by atoms with E-state index < -0.39 is 0 Å². The Labute approximate surface area is 158 Å². The summed E-state index contributed by atoms with van der Waals surface area (Å²) in [5.74, 6) is 0. The van der Waals surface area contributed by atoms with Crippen LogP contribution >= 0.6 is 11.3 Å². The Morgan fingerprint density at radius 1 is 1.31 bits per heavy atom. The van der Waals surface area contributed by atoms with Crippen LogP contribution in [0.25, 0.3) is 0 Å². The van der Waals surface area contributed by atoms with Gasteiger partial charge in [-0.15, -0.1) is 11.3 Å². The molecular formula is C20H23N3O2S. The summed E-state index contributed by atoms with van der Waals surface area (Å²) < 4.78 is 6.08. The number of aryl methyl sites for hydroxylation is 1. The van der Waals surface area contributed by atoms with Crippen LogP contribution in [-0.4, -0.2) is 30.5 Å². The van der Waals surface area contributed by atoms with Gasteiger partial charge in [0.1, 0.15) is 5.69 Å². The van der Waals surface area contributed by atoms with Crippen LogP contribution in [0.4, 0.5) is 10.8 Å². The molecule has 0 N–H and O–H groups in total. The van der Waals surface area contributed by atoms with Crippen LogP contribution in [-0.2, 0) is 4.74 Å². The first-order chi connectivity index (χ1) is 12.7. The minimum Gasteiger partial charge on any atom is -0.376 e. The van der Waals surface area contributed by atoms with Crippen molar-refractivity contribution < 1.29 is 9.53 Å². The Morgan fingerprint density at radius 3 is 2.65 bits per heavy atom. The lowest BCUT2D eigenvalue weighted by Crippen LogP contribution is -2.26. The van der Waals surface area contributed by atoms with E-state index in [4.69, 9.17) is 10.00 Å². The molecule has 2 aromatic rings. The molecule has 5 nitrogen and oxygen atoms in total. The van der Waals surface area contributed by atoms with E-state index in [1.807, 2.05) is 19.1 Å². The lowest BCUT2D eigenvalue weighted by molar-refractivity contribution is 0.0333. The largest absolute Gasteiger partial charge is 0.376 e. The maximum absolute atomic E-state index is 11.2. The van der Waals surface area contributed by atoms with E-state index in [1.54, 1.807) is 12.1 Å². The fourth-order valence-corrected chi connectivity index (χ4v) is 4.14. The number of hydrogen-bond acceptors (Lipinski definition) is 6. The van der Waals surface area contributed by atoms with E-state index in [1.165, 1.54) is 30.6 Å². The van der Waals surface area contributed by atoms with Crippen LogP contribution < -0.4 is 4.90 Å². The molecule has 1 aliphatic rings. The van der Waals surface area contributed by atoms with E-state index in [2.05, 4.69) is 16.0 Å². The zero-order valence-corrected chi connectivity index (χ0v) is 15.8. The van der Waals surface area contributed by atoms with Gasteiger partial charge in [-0.2, -0.15) is 5.26 Å². The summed E-state index contributed by atoms with van der Waals surface area (Å²) in [6.45, 7) is 3.17. The molecule has 1 aromatic carbocycles. The summed E-state index contributed by atoms with van der Waals surface area (Å²) in [7, 11) is 0. The first kappa shape index (κ1) is 18.6. The molecule has 0 radical (unpaired) electrons. The van der Waals surface area contributed by atoms with Crippen molar-refractivity contribution in [3.8, 4) is 6.07 Å². The quantitative estimate of drug-likeness (QED) is 0.666. The second kappa shape index (κ2) is 8.93. The number of nitriles is 1. The Morgan fingerprint density at radius 2 is 2.04 bits per heavy atom. The number of rotatable bonds is 7. The molecule has 0 unspecified atom stereocenters. The molecule has 0 aliphatic heterocycles. The fourth-order valence-electron chi connectivity index (χ4n) is 3.21. The molecule has 6 heteroatoms. The van der Waals surface area contributed by atoms with Crippen molar-refractivity contribution in [2.45, 2.75) is 45.1 Å². The van der Waals surface area contributed by atoms with Gasteiger partial charge < -0.3 is 9.64 Å². The molecule has 0 saturated heterocycles. The highest BCUT2D eigenvalue weighted by Gasteiger charge is 2.18. The molecule has 0 bridgehead atoms. The minimum absolute atomic E-state index is 0.357. The third kappa shape index (κ3) is 4.48. The topological polar surface area (TPSA) is 66.2 Å².